The Morgan fingerprint density at radius 3 is 2.40 bits per heavy atom. The lowest BCUT2D eigenvalue weighted by Crippen LogP contribution is -2.39. The summed E-state index contributed by atoms with van der Waals surface area (Å²) >= 11 is 0. The van der Waals surface area contributed by atoms with Gasteiger partial charge in [0.15, 0.2) is 0 Å². The average molecular weight is 351 g/mol. The van der Waals surface area contributed by atoms with Crippen LogP contribution in [0.25, 0.3) is 0 Å². The predicted molar refractivity (Wildman–Crippen MR) is 97.1 cm³/mol. The number of nitrogens with one attached hydrogen (secondary N) is 1. The number of anilines is 1. The van der Waals surface area contributed by atoms with Gasteiger partial charge in [-0.05, 0) is 59.2 Å². The summed E-state index contributed by atoms with van der Waals surface area (Å²) in [7, 11) is 0. The van der Waals surface area contributed by atoms with Crippen molar-refractivity contribution in [2.24, 2.45) is 0 Å². The molecule has 1 aromatic rings. The molecule has 25 heavy (non-hydrogen) atoms. The summed E-state index contributed by atoms with van der Waals surface area (Å²) in [6.07, 6.45) is 0.772. The van der Waals surface area contributed by atoms with Gasteiger partial charge in [0.2, 0.25) is 0 Å². The second kappa shape index (κ2) is 9.42. The van der Waals surface area contributed by atoms with Crippen molar-refractivity contribution in [3.05, 3.63) is 23.8 Å². The van der Waals surface area contributed by atoms with Gasteiger partial charge in [0.1, 0.15) is 16.9 Å². The van der Waals surface area contributed by atoms with Crippen molar-refractivity contribution in [2.45, 2.75) is 59.7 Å². The Hall–Kier alpha value is -2.08. The summed E-state index contributed by atoms with van der Waals surface area (Å²) < 4.78 is 16.3. The van der Waals surface area contributed by atoms with E-state index in [1.165, 1.54) is 0 Å². The Bertz CT molecular complexity index is 597. The molecule has 0 aliphatic rings. The van der Waals surface area contributed by atoms with Crippen LogP contribution in [0.15, 0.2) is 18.2 Å². The van der Waals surface area contributed by atoms with Crippen LogP contribution in [0.4, 0.5) is 5.69 Å². The molecule has 0 saturated heterocycles. The molecule has 0 aliphatic carbocycles. The zero-order valence-electron chi connectivity index (χ0n) is 16.0. The third-order valence-corrected chi connectivity index (χ3v) is 3.69. The fourth-order valence-corrected chi connectivity index (χ4v) is 2.09. The molecule has 0 fully saturated rings. The van der Waals surface area contributed by atoms with Crippen LogP contribution in [0, 0.1) is 0 Å². The maximum absolute atomic E-state index is 12.4. The molecular formula is C19H29NO5. The normalized spacial score (nSPS) is 12.4. The van der Waals surface area contributed by atoms with Crippen molar-refractivity contribution in [1.82, 2.24) is 0 Å². The molecule has 0 unspecified atom stereocenters. The number of amides is 1. The lowest BCUT2D eigenvalue weighted by atomic mass is 10.1. The van der Waals surface area contributed by atoms with E-state index in [0.717, 1.165) is 6.42 Å². The first-order valence-corrected chi connectivity index (χ1v) is 8.68. The lowest BCUT2D eigenvalue weighted by Gasteiger charge is -2.24. The number of hydrogen-bond donors (Lipinski definition) is 1. The zero-order valence-corrected chi connectivity index (χ0v) is 16.0. The van der Waals surface area contributed by atoms with Crippen molar-refractivity contribution in [2.75, 3.05) is 18.5 Å². The molecule has 1 amide bonds. The summed E-state index contributed by atoms with van der Waals surface area (Å²) in [6.45, 7) is 11.6. The molecule has 0 heterocycles. The maximum atomic E-state index is 12.4. The van der Waals surface area contributed by atoms with E-state index in [1.54, 1.807) is 39.0 Å². The molecule has 0 bridgehead atoms. The minimum Gasteiger partial charge on any atom is -0.490 e. The molecule has 0 radical (unpaired) electrons. The first kappa shape index (κ1) is 21.0. The summed E-state index contributed by atoms with van der Waals surface area (Å²) in [5.41, 5.74) is -0.198. The van der Waals surface area contributed by atoms with Gasteiger partial charge in [-0.1, -0.05) is 6.92 Å². The Morgan fingerprint density at radius 2 is 1.84 bits per heavy atom. The summed E-state index contributed by atoms with van der Waals surface area (Å²) in [5, 5.41) is 2.77. The molecule has 6 nitrogen and oxygen atoms in total. The topological polar surface area (TPSA) is 73.9 Å². The molecule has 0 aliphatic heterocycles. The highest BCUT2D eigenvalue weighted by atomic mass is 16.5. The van der Waals surface area contributed by atoms with Crippen LogP contribution in [0.2, 0.25) is 0 Å². The highest BCUT2D eigenvalue weighted by Crippen LogP contribution is 2.26. The first-order chi connectivity index (χ1) is 11.7. The van der Waals surface area contributed by atoms with Crippen LogP contribution in [-0.2, 0) is 14.3 Å². The van der Waals surface area contributed by atoms with Gasteiger partial charge in [-0.15, -0.1) is 0 Å². The van der Waals surface area contributed by atoms with Gasteiger partial charge in [0.05, 0.1) is 12.7 Å². The largest absolute Gasteiger partial charge is 0.490 e. The number of carbonyl (C=O) groups is 2. The van der Waals surface area contributed by atoms with E-state index in [9.17, 15) is 9.59 Å². The number of hydrogen-bond acceptors (Lipinski definition) is 5. The minimum atomic E-state index is -0.968. The van der Waals surface area contributed by atoms with Crippen molar-refractivity contribution in [1.29, 1.82) is 0 Å². The average Bonchev–Trinajstić information content (AvgIpc) is 2.56. The second-order valence-corrected chi connectivity index (χ2v) is 6.17. The molecule has 6 heteroatoms. The van der Waals surface area contributed by atoms with Gasteiger partial charge in [0, 0.05) is 12.3 Å². The van der Waals surface area contributed by atoms with Crippen LogP contribution >= 0.6 is 0 Å². The van der Waals surface area contributed by atoms with Crippen LogP contribution in [0.5, 0.6) is 5.75 Å². The number of rotatable bonds is 9. The summed E-state index contributed by atoms with van der Waals surface area (Å²) in [4.78, 5) is 24.6. The molecule has 0 saturated carbocycles. The number of benzene rings is 1. The Labute approximate surface area is 149 Å². The third-order valence-electron chi connectivity index (χ3n) is 3.69. The van der Waals surface area contributed by atoms with Gasteiger partial charge < -0.3 is 19.5 Å². The summed E-state index contributed by atoms with van der Waals surface area (Å²) in [6, 6.07) is 4.93. The second-order valence-electron chi connectivity index (χ2n) is 6.17. The highest BCUT2D eigenvalue weighted by Gasteiger charge is 2.28. The summed E-state index contributed by atoms with van der Waals surface area (Å²) in [5.74, 6) is -0.337. The fourth-order valence-electron chi connectivity index (χ4n) is 2.09. The molecule has 0 aromatic heterocycles. The number of esters is 1. The van der Waals surface area contributed by atoms with Crippen LogP contribution in [0.3, 0.4) is 0 Å². The Morgan fingerprint density at radius 1 is 1.16 bits per heavy atom. The maximum Gasteiger partial charge on any atom is 0.341 e. The van der Waals surface area contributed by atoms with Crippen LogP contribution in [0.1, 0.15) is 58.3 Å². The van der Waals surface area contributed by atoms with E-state index in [0.29, 0.717) is 18.0 Å². The van der Waals surface area contributed by atoms with E-state index in [-0.39, 0.29) is 24.2 Å². The molecule has 1 atom stereocenters. The highest BCUT2D eigenvalue weighted by molar-refractivity contribution is 5.99. The molecular weight excluding hydrogens is 322 g/mol. The van der Waals surface area contributed by atoms with Crippen LogP contribution in [-0.4, -0.2) is 36.8 Å². The Kier molecular flexibility index (Phi) is 7.90. The van der Waals surface area contributed by atoms with Gasteiger partial charge in [-0.2, -0.15) is 0 Å². The zero-order chi connectivity index (χ0) is 19.0. The Balaban J connectivity index is 3.08. The van der Waals surface area contributed by atoms with Crippen molar-refractivity contribution in [3.8, 4) is 5.75 Å². The predicted octanol–water partition coefficient (Wildman–Crippen LogP) is 3.79. The lowest BCUT2D eigenvalue weighted by molar-refractivity contribution is -0.136. The standard InChI is InChI=1S/C19H29NO5/c1-7-13(4)25-16-11-10-14(12-15(16)17(21)23-8-2)20-18(22)19(5,6)24-9-3/h10-13H,7-9H2,1-6H3,(H,20,22)/t13-/m0/s1. The van der Waals surface area contributed by atoms with E-state index in [2.05, 4.69) is 5.32 Å². The SMILES string of the molecule is CCOC(=O)c1cc(NC(=O)C(C)(C)OCC)ccc1O[C@@H](C)CC. The van der Waals surface area contributed by atoms with Crippen molar-refractivity contribution >= 4 is 17.6 Å². The molecule has 1 aromatic carbocycles. The van der Waals surface area contributed by atoms with E-state index >= 15 is 0 Å². The van der Waals surface area contributed by atoms with E-state index in [1.807, 2.05) is 20.8 Å². The quantitative estimate of drug-likeness (QED) is 0.685. The third kappa shape index (κ3) is 6.05. The number of ether oxygens (including phenoxy) is 3. The van der Waals surface area contributed by atoms with Gasteiger partial charge in [-0.3, -0.25) is 4.79 Å². The first-order valence-electron chi connectivity index (χ1n) is 8.68. The minimum absolute atomic E-state index is 0.0366. The van der Waals surface area contributed by atoms with Gasteiger partial charge in [-0.25, -0.2) is 4.79 Å². The monoisotopic (exact) mass is 351 g/mol. The van der Waals surface area contributed by atoms with Crippen molar-refractivity contribution in [3.63, 3.8) is 0 Å². The smallest absolute Gasteiger partial charge is 0.341 e. The molecule has 1 N–H and O–H groups in total. The van der Waals surface area contributed by atoms with Crippen molar-refractivity contribution < 1.29 is 23.8 Å². The molecule has 0 spiro atoms. The molecule has 1 rings (SSSR count). The number of carbonyl (C=O) groups excluding carboxylic acids is 2. The van der Waals surface area contributed by atoms with Crippen LogP contribution < -0.4 is 10.1 Å². The molecule has 140 valence electrons. The van der Waals surface area contributed by atoms with Gasteiger partial charge in [0.25, 0.3) is 5.91 Å². The van der Waals surface area contributed by atoms with Gasteiger partial charge >= 0.3 is 5.97 Å². The van der Waals surface area contributed by atoms with E-state index < -0.39 is 11.6 Å². The fraction of sp³-hybridized carbons (Fsp3) is 0.579. The van der Waals surface area contributed by atoms with E-state index in [4.69, 9.17) is 14.2 Å².